The van der Waals surface area contributed by atoms with Crippen molar-refractivity contribution in [1.82, 2.24) is 5.32 Å². The van der Waals surface area contributed by atoms with Gasteiger partial charge in [-0.2, -0.15) is 0 Å². The molecule has 0 amide bonds. The number of aliphatic hydroxyl groups is 1. The van der Waals surface area contributed by atoms with Crippen molar-refractivity contribution in [2.24, 2.45) is 0 Å². The maximum Gasteiger partial charge on any atom is 0.207 e. The van der Waals surface area contributed by atoms with E-state index in [4.69, 9.17) is 62.7 Å². The van der Waals surface area contributed by atoms with Gasteiger partial charge < -0.3 is 9.84 Å². The molecule has 0 aromatic rings. The van der Waals surface area contributed by atoms with Gasteiger partial charge >= 0.3 is 0 Å². The zero-order chi connectivity index (χ0) is 11.8. The Balaban J connectivity index is 2.83. The summed E-state index contributed by atoms with van der Waals surface area (Å²) in [4.78, 5) is 0. The Morgan fingerprint density at radius 2 is 1.73 bits per heavy atom. The molecule has 1 saturated heterocycles. The fourth-order valence-corrected chi connectivity index (χ4v) is 3.00. The summed E-state index contributed by atoms with van der Waals surface area (Å²) in [5, 5.41) is 11.1. The first-order chi connectivity index (χ1) is 6.79. The van der Waals surface area contributed by atoms with Crippen LogP contribution in [0.25, 0.3) is 0 Å². The topological polar surface area (TPSA) is 41.5 Å². The van der Waals surface area contributed by atoms with Crippen LogP contribution < -0.4 is 5.32 Å². The number of nitrogens with one attached hydrogen (secondary N) is 1. The third kappa shape index (κ3) is 3.17. The highest BCUT2D eigenvalue weighted by molar-refractivity contribution is 6.68. The van der Waals surface area contributed by atoms with E-state index in [0.29, 0.717) is 0 Å². The van der Waals surface area contributed by atoms with Crippen LogP contribution in [0.1, 0.15) is 0 Å². The van der Waals surface area contributed by atoms with Crippen molar-refractivity contribution >= 4 is 58.0 Å². The highest BCUT2D eigenvalue weighted by Gasteiger charge is 2.49. The van der Waals surface area contributed by atoms with E-state index in [1.807, 2.05) is 0 Å². The third-order valence-electron chi connectivity index (χ3n) is 2.21. The van der Waals surface area contributed by atoms with Crippen LogP contribution in [0.2, 0.25) is 0 Å². The monoisotopic (exact) mass is 315 g/mol. The standard InChI is InChI=1S/C7H10Cl5NO2/c1-15-6-3(9)4(14)2(8)5(13-6)7(10,11)12/h2-6,13-14H,1H3. The van der Waals surface area contributed by atoms with Gasteiger partial charge in [-0.1, -0.05) is 34.8 Å². The summed E-state index contributed by atoms with van der Waals surface area (Å²) in [5.41, 5.74) is 0. The molecule has 1 aliphatic rings. The van der Waals surface area contributed by atoms with E-state index < -0.39 is 32.9 Å². The molecular formula is C7H10Cl5NO2. The first kappa shape index (κ1) is 14.4. The maximum atomic E-state index is 9.72. The van der Waals surface area contributed by atoms with Gasteiger partial charge in [0.2, 0.25) is 3.79 Å². The van der Waals surface area contributed by atoms with Crippen LogP contribution in [-0.2, 0) is 4.74 Å². The van der Waals surface area contributed by atoms with E-state index in [9.17, 15) is 5.11 Å². The highest BCUT2D eigenvalue weighted by atomic mass is 35.6. The van der Waals surface area contributed by atoms with Crippen LogP contribution in [0.15, 0.2) is 0 Å². The lowest BCUT2D eigenvalue weighted by atomic mass is 10.0. The van der Waals surface area contributed by atoms with Gasteiger partial charge in [-0.15, -0.1) is 23.2 Å². The molecule has 0 aliphatic carbocycles. The SMILES string of the molecule is COC1NC(C(Cl)(Cl)Cl)C(Cl)C(O)C1Cl. The summed E-state index contributed by atoms with van der Waals surface area (Å²) in [6.07, 6.45) is -1.63. The number of rotatable bonds is 1. The van der Waals surface area contributed by atoms with Crippen LogP contribution in [0.4, 0.5) is 0 Å². The van der Waals surface area contributed by atoms with Crippen molar-refractivity contribution in [2.45, 2.75) is 32.9 Å². The van der Waals surface area contributed by atoms with E-state index in [2.05, 4.69) is 5.32 Å². The second-order valence-corrected chi connectivity index (χ2v) is 6.60. The van der Waals surface area contributed by atoms with E-state index in [1.54, 1.807) is 0 Å². The Hall–Kier alpha value is 1.33. The minimum Gasteiger partial charge on any atom is -0.390 e. The minimum atomic E-state index is -1.64. The van der Waals surface area contributed by atoms with Gasteiger partial charge in [0.15, 0.2) is 0 Å². The molecule has 5 unspecified atom stereocenters. The van der Waals surface area contributed by atoms with Gasteiger partial charge in [0.25, 0.3) is 0 Å². The Morgan fingerprint density at radius 1 is 1.20 bits per heavy atom. The molecule has 1 fully saturated rings. The van der Waals surface area contributed by atoms with Gasteiger partial charge in [-0.05, 0) is 0 Å². The average molecular weight is 317 g/mol. The number of ether oxygens (including phenoxy) is 1. The van der Waals surface area contributed by atoms with E-state index in [-0.39, 0.29) is 0 Å². The number of methoxy groups -OCH3 is 1. The zero-order valence-corrected chi connectivity index (χ0v) is 11.4. The summed E-state index contributed by atoms with van der Waals surface area (Å²) in [7, 11) is 1.43. The largest absolute Gasteiger partial charge is 0.390 e. The Kier molecular flexibility index (Phi) is 5.10. The molecule has 1 rings (SSSR count). The van der Waals surface area contributed by atoms with Crippen molar-refractivity contribution in [3.63, 3.8) is 0 Å². The van der Waals surface area contributed by atoms with E-state index in [1.165, 1.54) is 7.11 Å². The smallest absolute Gasteiger partial charge is 0.207 e. The van der Waals surface area contributed by atoms with Crippen LogP contribution in [0.3, 0.4) is 0 Å². The molecule has 8 heteroatoms. The normalized spacial score (nSPS) is 43.0. The summed E-state index contributed by atoms with van der Waals surface area (Å²) in [6.45, 7) is 0. The minimum absolute atomic E-state index is 0.614. The van der Waals surface area contributed by atoms with Crippen LogP contribution in [-0.4, -0.2) is 45.1 Å². The van der Waals surface area contributed by atoms with Crippen molar-refractivity contribution < 1.29 is 9.84 Å². The number of piperidine rings is 1. The van der Waals surface area contributed by atoms with Gasteiger partial charge in [0, 0.05) is 7.11 Å². The summed E-state index contributed by atoms with van der Waals surface area (Å²) < 4.78 is 3.37. The lowest BCUT2D eigenvalue weighted by molar-refractivity contribution is -0.0110. The maximum absolute atomic E-state index is 9.72. The van der Waals surface area contributed by atoms with Crippen LogP contribution >= 0.6 is 58.0 Å². The predicted octanol–water partition coefficient (Wildman–Crippen LogP) is 1.88. The third-order valence-corrected chi connectivity index (χ3v) is 3.91. The molecule has 1 aliphatic heterocycles. The van der Waals surface area contributed by atoms with Crippen LogP contribution in [0, 0.1) is 0 Å². The van der Waals surface area contributed by atoms with Gasteiger partial charge in [0.05, 0.1) is 17.5 Å². The molecule has 0 bridgehead atoms. The molecule has 15 heavy (non-hydrogen) atoms. The van der Waals surface area contributed by atoms with E-state index in [0.717, 1.165) is 0 Å². The van der Waals surface area contributed by atoms with Gasteiger partial charge in [-0.3, -0.25) is 5.32 Å². The molecule has 0 radical (unpaired) electrons. The summed E-state index contributed by atoms with van der Waals surface area (Å²) in [5.74, 6) is 0. The zero-order valence-electron chi connectivity index (χ0n) is 7.63. The number of hydrogen-bond acceptors (Lipinski definition) is 3. The number of hydrogen-bond donors (Lipinski definition) is 2. The number of alkyl halides is 5. The Morgan fingerprint density at radius 3 is 2.13 bits per heavy atom. The number of halogens is 5. The first-order valence-electron chi connectivity index (χ1n) is 4.10. The van der Waals surface area contributed by atoms with Crippen molar-refractivity contribution in [2.75, 3.05) is 7.11 Å². The van der Waals surface area contributed by atoms with Gasteiger partial charge in [-0.25, -0.2) is 0 Å². The van der Waals surface area contributed by atoms with Crippen LogP contribution in [0.5, 0.6) is 0 Å². The van der Waals surface area contributed by atoms with E-state index >= 15 is 0 Å². The second kappa shape index (κ2) is 5.32. The molecule has 0 spiro atoms. The fourth-order valence-electron chi connectivity index (χ4n) is 1.39. The molecule has 2 N–H and O–H groups in total. The quantitative estimate of drug-likeness (QED) is 0.726. The fraction of sp³-hybridized carbons (Fsp3) is 1.00. The first-order valence-corrected chi connectivity index (χ1v) is 6.11. The molecule has 0 aromatic heterocycles. The predicted molar refractivity (Wildman–Crippen MR) is 63.3 cm³/mol. The molecule has 3 nitrogen and oxygen atoms in total. The lowest BCUT2D eigenvalue weighted by Gasteiger charge is -2.42. The Bertz CT molecular complexity index is 222. The molecule has 0 aromatic carbocycles. The number of aliphatic hydroxyl groups excluding tert-OH is 1. The summed E-state index contributed by atoms with van der Waals surface area (Å²) in [6, 6.07) is -0.737. The van der Waals surface area contributed by atoms with Crippen molar-refractivity contribution in [3.8, 4) is 0 Å². The lowest BCUT2D eigenvalue weighted by Crippen LogP contribution is -2.65. The van der Waals surface area contributed by atoms with Crippen molar-refractivity contribution in [3.05, 3.63) is 0 Å². The Labute approximate surface area is 113 Å². The van der Waals surface area contributed by atoms with Gasteiger partial charge in [0.1, 0.15) is 11.6 Å². The molecular weight excluding hydrogens is 307 g/mol. The second-order valence-electron chi connectivity index (χ2n) is 3.22. The highest BCUT2D eigenvalue weighted by Crippen LogP contribution is 2.38. The molecule has 0 saturated carbocycles. The molecule has 90 valence electrons. The molecule has 1 heterocycles. The summed E-state index contributed by atoms with van der Waals surface area (Å²) >= 11 is 29.0. The average Bonchev–Trinajstić information content (AvgIpc) is 2.13. The van der Waals surface area contributed by atoms with Crippen molar-refractivity contribution in [1.29, 1.82) is 0 Å². The molecule has 5 atom stereocenters.